The first-order valence-corrected chi connectivity index (χ1v) is 11.7. The van der Waals surface area contributed by atoms with Crippen molar-refractivity contribution in [1.29, 1.82) is 0 Å². The maximum Gasteiger partial charge on any atom is 0.387 e. The molecule has 2 unspecified atom stereocenters. The summed E-state index contributed by atoms with van der Waals surface area (Å²) in [7, 11) is 1.36. The molecule has 0 fully saturated rings. The van der Waals surface area contributed by atoms with Gasteiger partial charge in [-0.2, -0.15) is 13.9 Å². The van der Waals surface area contributed by atoms with E-state index in [-0.39, 0.29) is 35.5 Å². The molecule has 2 aromatic rings. The van der Waals surface area contributed by atoms with Gasteiger partial charge in [0.2, 0.25) is 5.91 Å². The third kappa shape index (κ3) is 6.22. The summed E-state index contributed by atoms with van der Waals surface area (Å²) in [6, 6.07) is 11.5. The molecule has 1 aliphatic heterocycles. The predicted molar refractivity (Wildman–Crippen MR) is 129 cm³/mol. The number of carbonyl (C=O) groups excluding carboxylic acids is 2. The standard InChI is InChI=1S/C26H31F2N3O4/c1-4-6-7-20(32)17-8-10-18(11-9-17)25(29)31-23(33)15-16(5-2)24(30-31)19-12-13-21(35-26(27)28)22(14-19)34-3/h8-14,16,25-26H,4-7,15,29H2,1-3H3. The van der Waals surface area contributed by atoms with Crippen molar-refractivity contribution >= 4 is 17.4 Å². The van der Waals surface area contributed by atoms with Crippen LogP contribution in [0, 0.1) is 5.92 Å². The number of benzene rings is 2. The lowest BCUT2D eigenvalue weighted by Gasteiger charge is -2.33. The zero-order valence-corrected chi connectivity index (χ0v) is 20.2. The third-order valence-corrected chi connectivity index (χ3v) is 6.04. The third-order valence-electron chi connectivity index (χ3n) is 6.04. The van der Waals surface area contributed by atoms with Gasteiger partial charge in [-0.15, -0.1) is 0 Å². The molecule has 0 saturated carbocycles. The van der Waals surface area contributed by atoms with Gasteiger partial charge in [-0.25, -0.2) is 5.01 Å². The molecule has 1 aliphatic rings. The van der Waals surface area contributed by atoms with E-state index in [4.69, 9.17) is 10.5 Å². The van der Waals surface area contributed by atoms with Crippen LogP contribution in [0.2, 0.25) is 0 Å². The second-order valence-electron chi connectivity index (χ2n) is 8.37. The van der Waals surface area contributed by atoms with Gasteiger partial charge >= 0.3 is 6.61 Å². The van der Waals surface area contributed by atoms with E-state index in [1.807, 2.05) is 13.8 Å². The number of nitrogens with zero attached hydrogens (tertiary/aromatic N) is 2. The number of halogens is 2. The predicted octanol–water partition coefficient (Wildman–Crippen LogP) is 5.29. The van der Waals surface area contributed by atoms with Crippen LogP contribution in [-0.4, -0.2) is 36.1 Å². The number of amides is 1. The largest absolute Gasteiger partial charge is 0.493 e. The lowest BCUT2D eigenvalue weighted by atomic mass is 9.89. The summed E-state index contributed by atoms with van der Waals surface area (Å²) >= 11 is 0. The fourth-order valence-electron chi connectivity index (χ4n) is 4.01. The van der Waals surface area contributed by atoms with Crippen LogP contribution in [0.3, 0.4) is 0 Å². The number of ketones is 1. The molecular formula is C26H31F2N3O4. The number of unbranched alkanes of at least 4 members (excludes halogenated alkanes) is 1. The number of ether oxygens (including phenoxy) is 2. The second-order valence-corrected chi connectivity index (χ2v) is 8.37. The first-order valence-electron chi connectivity index (χ1n) is 11.7. The van der Waals surface area contributed by atoms with E-state index < -0.39 is 12.8 Å². The zero-order chi connectivity index (χ0) is 25.5. The Morgan fingerprint density at radius 1 is 1.17 bits per heavy atom. The monoisotopic (exact) mass is 487 g/mol. The Bertz CT molecular complexity index is 1070. The Morgan fingerprint density at radius 3 is 2.49 bits per heavy atom. The van der Waals surface area contributed by atoms with Crippen molar-refractivity contribution < 1.29 is 27.8 Å². The van der Waals surface area contributed by atoms with Crippen molar-refractivity contribution in [2.75, 3.05) is 7.11 Å². The highest BCUT2D eigenvalue weighted by atomic mass is 19.3. The average Bonchev–Trinajstić information content (AvgIpc) is 2.86. The Balaban J connectivity index is 1.90. The van der Waals surface area contributed by atoms with E-state index in [1.165, 1.54) is 18.2 Å². The fraction of sp³-hybridized carbons (Fsp3) is 0.423. The first-order chi connectivity index (χ1) is 16.8. The number of hydrazone groups is 1. The summed E-state index contributed by atoms with van der Waals surface area (Å²) in [6.07, 6.45) is 2.27. The minimum atomic E-state index is -2.98. The molecule has 2 N–H and O–H groups in total. The Morgan fingerprint density at radius 2 is 1.89 bits per heavy atom. The normalized spacial score (nSPS) is 16.8. The molecule has 1 heterocycles. The minimum Gasteiger partial charge on any atom is -0.493 e. The van der Waals surface area contributed by atoms with E-state index in [2.05, 4.69) is 9.84 Å². The number of methoxy groups -OCH3 is 1. The van der Waals surface area contributed by atoms with Crippen LogP contribution in [0.5, 0.6) is 11.5 Å². The SMILES string of the molecule is CCCCC(=O)c1ccc(C(N)N2N=C(c3ccc(OC(F)F)c(OC)c3)C(CC)CC2=O)cc1. The van der Waals surface area contributed by atoms with E-state index >= 15 is 0 Å². The summed E-state index contributed by atoms with van der Waals surface area (Å²) in [4.78, 5) is 25.2. The number of rotatable bonds is 11. The van der Waals surface area contributed by atoms with E-state index in [0.29, 0.717) is 35.2 Å². The molecule has 0 spiro atoms. The van der Waals surface area contributed by atoms with Crippen LogP contribution in [0.1, 0.15) is 73.6 Å². The van der Waals surface area contributed by atoms with E-state index in [0.717, 1.165) is 12.8 Å². The van der Waals surface area contributed by atoms with E-state index in [1.54, 1.807) is 36.4 Å². The molecular weight excluding hydrogens is 456 g/mol. The topological polar surface area (TPSA) is 94.2 Å². The lowest BCUT2D eigenvalue weighted by Crippen LogP contribution is -2.42. The number of alkyl halides is 2. The maximum atomic E-state index is 12.9. The van der Waals surface area contributed by atoms with Crippen molar-refractivity contribution in [3.63, 3.8) is 0 Å². The van der Waals surface area contributed by atoms with Crippen molar-refractivity contribution in [3.8, 4) is 11.5 Å². The zero-order valence-electron chi connectivity index (χ0n) is 20.2. The molecule has 2 atom stereocenters. The van der Waals surface area contributed by atoms with Crippen LogP contribution >= 0.6 is 0 Å². The van der Waals surface area contributed by atoms with Crippen LogP contribution in [0.25, 0.3) is 0 Å². The van der Waals surface area contributed by atoms with Gasteiger partial charge in [-0.05, 0) is 36.6 Å². The molecule has 9 heteroatoms. The number of hydrogen-bond acceptors (Lipinski definition) is 6. The number of Topliss-reactive ketones (excluding diaryl/α,β-unsaturated/α-hetero) is 1. The summed E-state index contributed by atoms with van der Waals surface area (Å²) < 4.78 is 35.1. The second kappa shape index (κ2) is 11.9. The van der Waals surface area contributed by atoms with Gasteiger partial charge in [0.15, 0.2) is 17.3 Å². The first kappa shape index (κ1) is 26.3. The van der Waals surface area contributed by atoms with Gasteiger partial charge in [0.05, 0.1) is 12.8 Å². The quantitative estimate of drug-likeness (QED) is 0.435. The molecule has 0 aromatic heterocycles. The average molecular weight is 488 g/mol. The van der Waals surface area contributed by atoms with Crippen LogP contribution in [0.15, 0.2) is 47.6 Å². The Labute approximate surface area is 203 Å². The highest BCUT2D eigenvalue weighted by Gasteiger charge is 2.33. The molecule has 35 heavy (non-hydrogen) atoms. The number of carbonyl (C=O) groups is 2. The molecule has 3 rings (SSSR count). The molecule has 0 saturated heterocycles. The number of hydrogen-bond donors (Lipinski definition) is 1. The molecule has 0 radical (unpaired) electrons. The Kier molecular flexibility index (Phi) is 8.92. The fourth-order valence-corrected chi connectivity index (χ4v) is 4.01. The summed E-state index contributed by atoms with van der Waals surface area (Å²) in [6.45, 7) is 0.998. The number of nitrogens with two attached hydrogens (primary N) is 1. The smallest absolute Gasteiger partial charge is 0.387 e. The van der Waals surface area contributed by atoms with Crippen LogP contribution < -0.4 is 15.2 Å². The van der Waals surface area contributed by atoms with Crippen LogP contribution in [0.4, 0.5) is 8.78 Å². The van der Waals surface area contributed by atoms with Crippen molar-refractivity contribution in [2.45, 2.75) is 58.7 Å². The van der Waals surface area contributed by atoms with Gasteiger partial charge in [0.1, 0.15) is 6.17 Å². The van der Waals surface area contributed by atoms with Gasteiger partial charge in [-0.3, -0.25) is 9.59 Å². The van der Waals surface area contributed by atoms with Gasteiger partial charge < -0.3 is 15.2 Å². The van der Waals surface area contributed by atoms with Crippen molar-refractivity contribution in [3.05, 3.63) is 59.2 Å². The lowest BCUT2D eigenvalue weighted by molar-refractivity contribution is -0.135. The summed E-state index contributed by atoms with van der Waals surface area (Å²) in [5.74, 6) is -0.275. The maximum absolute atomic E-state index is 12.9. The Hall–Kier alpha value is -3.33. The molecule has 0 aliphatic carbocycles. The molecule has 7 nitrogen and oxygen atoms in total. The van der Waals surface area contributed by atoms with Gasteiger partial charge in [0.25, 0.3) is 0 Å². The van der Waals surface area contributed by atoms with E-state index in [9.17, 15) is 18.4 Å². The molecule has 188 valence electrons. The van der Waals surface area contributed by atoms with Crippen molar-refractivity contribution in [2.24, 2.45) is 16.8 Å². The van der Waals surface area contributed by atoms with Crippen molar-refractivity contribution in [1.82, 2.24) is 5.01 Å². The molecule has 2 aromatic carbocycles. The highest BCUT2D eigenvalue weighted by molar-refractivity contribution is 6.06. The molecule has 1 amide bonds. The van der Waals surface area contributed by atoms with Crippen LogP contribution in [-0.2, 0) is 4.79 Å². The molecule has 0 bridgehead atoms. The van der Waals surface area contributed by atoms with Gasteiger partial charge in [-0.1, -0.05) is 44.5 Å². The summed E-state index contributed by atoms with van der Waals surface area (Å²) in [5, 5.41) is 5.83. The highest BCUT2D eigenvalue weighted by Crippen LogP contribution is 2.33. The summed E-state index contributed by atoms with van der Waals surface area (Å²) in [5.41, 5.74) is 8.89. The van der Waals surface area contributed by atoms with Gasteiger partial charge in [0, 0.05) is 29.9 Å². The minimum absolute atomic E-state index is 0.0698.